The second-order valence-electron chi connectivity index (χ2n) is 1.36. The minimum atomic E-state index is 0.905. The second-order valence-corrected chi connectivity index (χ2v) is 3.05. The van der Waals surface area contributed by atoms with Gasteiger partial charge in [-0.2, -0.15) is 0 Å². The first-order valence-electron chi connectivity index (χ1n) is 1.98. The van der Waals surface area contributed by atoms with E-state index >= 15 is 0 Å². The number of nitrogens with zero attached hydrogens (tertiary/aromatic N) is 1. The molecule has 0 aliphatic heterocycles. The standard InChI is InChI=1S/C4H4NO.Sn.H/c1-4-2-3-5-6-4;;/h2H,1H3;;. The molecule has 1 aromatic rings. The van der Waals surface area contributed by atoms with E-state index < -0.39 is 0 Å². The molecule has 0 spiro atoms. The summed E-state index contributed by atoms with van der Waals surface area (Å²) in [4.78, 5) is 0. The predicted molar refractivity (Wildman–Crippen MR) is 28.0 cm³/mol. The van der Waals surface area contributed by atoms with Gasteiger partial charge in [-0.25, -0.2) is 0 Å². The van der Waals surface area contributed by atoms with E-state index in [-0.39, 0.29) is 0 Å². The molecule has 2 radical (unpaired) electrons. The van der Waals surface area contributed by atoms with Crippen LogP contribution in [0.15, 0.2) is 10.6 Å². The Hall–Kier alpha value is 0.00870. The summed E-state index contributed by atoms with van der Waals surface area (Å²) in [6.07, 6.45) is 0. The van der Waals surface area contributed by atoms with Crippen molar-refractivity contribution in [3.05, 3.63) is 11.8 Å². The third kappa shape index (κ3) is 1.19. The molecule has 0 N–H and O–H groups in total. The zero-order chi connectivity index (χ0) is 5.28. The van der Waals surface area contributed by atoms with Gasteiger partial charge in [-0.15, -0.1) is 0 Å². The second kappa shape index (κ2) is 1.86. The molecular weight excluding hydrogens is 197 g/mol. The normalized spacial score (nSPS) is 9.43. The van der Waals surface area contributed by atoms with Crippen molar-refractivity contribution in [1.82, 2.24) is 5.16 Å². The van der Waals surface area contributed by atoms with Crippen molar-refractivity contribution in [2.75, 3.05) is 0 Å². The van der Waals surface area contributed by atoms with E-state index in [0.717, 1.165) is 32.0 Å². The van der Waals surface area contributed by atoms with Gasteiger partial charge >= 0.3 is 54.7 Å². The van der Waals surface area contributed by atoms with Crippen LogP contribution in [0.25, 0.3) is 0 Å². The average molecular weight is 202 g/mol. The zero-order valence-corrected chi connectivity index (χ0v) is 7.31. The van der Waals surface area contributed by atoms with Gasteiger partial charge in [0, 0.05) is 0 Å². The molecule has 0 aliphatic rings. The molecule has 0 aliphatic carbocycles. The van der Waals surface area contributed by atoms with Gasteiger partial charge < -0.3 is 0 Å². The van der Waals surface area contributed by atoms with Gasteiger partial charge in [0.25, 0.3) is 0 Å². The quantitative estimate of drug-likeness (QED) is 0.530. The number of rotatable bonds is 0. The Bertz CT molecular complexity index is 144. The van der Waals surface area contributed by atoms with Crippen molar-refractivity contribution < 1.29 is 4.52 Å². The van der Waals surface area contributed by atoms with Crippen LogP contribution >= 0.6 is 0 Å². The van der Waals surface area contributed by atoms with Crippen LogP contribution in [0.5, 0.6) is 0 Å². The van der Waals surface area contributed by atoms with Crippen LogP contribution in [-0.2, 0) is 0 Å². The molecule has 0 fully saturated rings. The van der Waals surface area contributed by atoms with Crippen molar-refractivity contribution >= 4 is 26.2 Å². The topological polar surface area (TPSA) is 26.0 Å². The van der Waals surface area contributed by atoms with Crippen molar-refractivity contribution in [1.29, 1.82) is 0 Å². The fourth-order valence-corrected chi connectivity index (χ4v) is 1.21. The maximum absolute atomic E-state index is 4.75. The summed E-state index contributed by atoms with van der Waals surface area (Å²) in [5.74, 6) is 0.905. The predicted octanol–water partition coefficient (Wildman–Crippen LogP) is -0.491. The number of aromatic nitrogens is 1. The van der Waals surface area contributed by atoms with E-state index in [9.17, 15) is 0 Å². The molecule has 0 saturated carbocycles. The molecule has 0 amide bonds. The van der Waals surface area contributed by atoms with E-state index in [0.29, 0.717) is 0 Å². The van der Waals surface area contributed by atoms with E-state index in [2.05, 4.69) is 5.16 Å². The Labute approximate surface area is 55.0 Å². The molecule has 0 bridgehead atoms. The molecular formula is C4H5NOSn. The van der Waals surface area contributed by atoms with E-state index in [1.165, 1.54) is 0 Å². The SMILES string of the molecule is Cc1c[c]([SnH])no1. The van der Waals surface area contributed by atoms with Crippen molar-refractivity contribution in [2.24, 2.45) is 0 Å². The third-order valence-corrected chi connectivity index (χ3v) is 1.42. The minimum absolute atomic E-state index is 0.905. The molecule has 1 heterocycles. The van der Waals surface area contributed by atoms with Crippen molar-refractivity contribution in [3.63, 3.8) is 0 Å². The summed E-state index contributed by atoms with van der Waals surface area (Å²) < 4.78 is 5.82. The van der Waals surface area contributed by atoms with Crippen molar-refractivity contribution in [2.45, 2.75) is 6.92 Å². The van der Waals surface area contributed by atoms with Gasteiger partial charge in [0.2, 0.25) is 0 Å². The van der Waals surface area contributed by atoms with Gasteiger partial charge in [0.15, 0.2) is 0 Å². The molecule has 2 nitrogen and oxygen atoms in total. The monoisotopic (exact) mass is 203 g/mol. The molecule has 7 heavy (non-hydrogen) atoms. The summed E-state index contributed by atoms with van der Waals surface area (Å²) in [6, 6.07) is 1.95. The summed E-state index contributed by atoms with van der Waals surface area (Å²) in [7, 11) is 0. The van der Waals surface area contributed by atoms with Crippen LogP contribution in [0.1, 0.15) is 5.76 Å². The Balaban J connectivity index is 3.04. The molecule has 3 heteroatoms. The molecule has 1 aromatic heterocycles. The number of hydrogen-bond acceptors (Lipinski definition) is 2. The Morgan fingerprint density at radius 3 is 2.71 bits per heavy atom. The number of hydrogen-bond donors (Lipinski definition) is 0. The molecule has 0 saturated heterocycles. The van der Waals surface area contributed by atoms with Crippen LogP contribution in [0, 0.1) is 6.92 Å². The Morgan fingerprint density at radius 2 is 2.57 bits per heavy atom. The summed E-state index contributed by atoms with van der Waals surface area (Å²) in [5.41, 5.74) is 0. The first-order chi connectivity index (χ1) is 3.29. The Kier molecular flexibility index (Phi) is 1.37. The molecule has 0 aromatic carbocycles. The van der Waals surface area contributed by atoms with Crippen LogP contribution in [0.4, 0.5) is 0 Å². The fraction of sp³-hybridized carbons (Fsp3) is 0.250. The van der Waals surface area contributed by atoms with Gasteiger partial charge in [0.05, 0.1) is 0 Å². The summed E-state index contributed by atoms with van der Waals surface area (Å²) >= 11 is 1.05. The first-order valence-corrected chi connectivity index (χ1v) is 3.62. The fourth-order valence-electron chi connectivity index (χ4n) is 0.386. The summed E-state index contributed by atoms with van der Waals surface area (Å²) in [6.45, 7) is 1.90. The average Bonchev–Trinajstić information content (AvgIpc) is 1.87. The van der Waals surface area contributed by atoms with Gasteiger partial charge in [0.1, 0.15) is 0 Å². The van der Waals surface area contributed by atoms with Crippen LogP contribution in [0.3, 0.4) is 0 Å². The zero-order valence-electron chi connectivity index (χ0n) is 4.01. The molecule has 36 valence electrons. The number of aryl methyl sites for hydroxylation is 1. The maximum atomic E-state index is 4.75. The van der Waals surface area contributed by atoms with E-state index in [4.69, 9.17) is 4.52 Å². The Morgan fingerprint density at radius 1 is 1.86 bits per heavy atom. The van der Waals surface area contributed by atoms with E-state index in [1.54, 1.807) is 0 Å². The molecule has 0 atom stereocenters. The van der Waals surface area contributed by atoms with Gasteiger partial charge in [-0.05, 0) is 0 Å². The molecule has 0 unspecified atom stereocenters. The third-order valence-electron chi connectivity index (χ3n) is 0.646. The van der Waals surface area contributed by atoms with Gasteiger partial charge in [-0.3, -0.25) is 0 Å². The van der Waals surface area contributed by atoms with Crippen LogP contribution in [-0.4, -0.2) is 27.7 Å². The van der Waals surface area contributed by atoms with Gasteiger partial charge in [-0.1, -0.05) is 0 Å². The van der Waals surface area contributed by atoms with E-state index in [1.807, 2.05) is 13.0 Å². The first kappa shape index (κ1) is 5.15. The van der Waals surface area contributed by atoms with Crippen molar-refractivity contribution in [3.8, 4) is 0 Å². The van der Waals surface area contributed by atoms with Crippen LogP contribution in [0.2, 0.25) is 0 Å². The molecule has 1 rings (SSSR count). The van der Waals surface area contributed by atoms with Crippen LogP contribution < -0.4 is 3.71 Å². The summed E-state index contributed by atoms with van der Waals surface area (Å²) in [5, 5.41) is 3.70.